The lowest BCUT2D eigenvalue weighted by Crippen LogP contribution is -2.12. The molecule has 0 unspecified atom stereocenters. The lowest BCUT2D eigenvalue weighted by Gasteiger charge is -2.08. The van der Waals surface area contributed by atoms with Crippen molar-refractivity contribution in [2.75, 3.05) is 11.9 Å². The Morgan fingerprint density at radius 1 is 1.03 bits per heavy atom. The molecule has 0 aliphatic heterocycles. The molecular formula is C25H25NO3S. The summed E-state index contributed by atoms with van der Waals surface area (Å²) in [5.74, 6) is -0.734. The number of carbonyl (C=O) groups is 2. The highest BCUT2D eigenvalue weighted by atomic mass is 32.1. The molecule has 0 saturated carbocycles. The van der Waals surface area contributed by atoms with Gasteiger partial charge in [-0.3, -0.25) is 4.79 Å². The number of carbonyl (C=O) groups excluding carboxylic acids is 2. The number of ether oxygens (including phenoxy) is 1. The first-order chi connectivity index (χ1) is 14.5. The first kappa shape index (κ1) is 21.5. The molecule has 0 aliphatic carbocycles. The van der Waals surface area contributed by atoms with E-state index in [0.29, 0.717) is 10.6 Å². The lowest BCUT2D eigenvalue weighted by molar-refractivity contribution is -0.111. The highest BCUT2D eigenvalue weighted by Gasteiger charge is 2.22. The lowest BCUT2D eigenvalue weighted by atomic mass is 10.0. The molecule has 4 nitrogen and oxygen atoms in total. The zero-order valence-electron chi connectivity index (χ0n) is 17.4. The molecular weight excluding hydrogens is 394 g/mol. The van der Waals surface area contributed by atoms with Crippen molar-refractivity contribution in [3.8, 4) is 11.1 Å². The van der Waals surface area contributed by atoms with Gasteiger partial charge in [0.2, 0.25) is 5.91 Å². The molecule has 0 spiro atoms. The third kappa shape index (κ3) is 5.24. The van der Waals surface area contributed by atoms with Crippen LogP contribution in [0.1, 0.15) is 40.9 Å². The van der Waals surface area contributed by atoms with E-state index >= 15 is 0 Å². The van der Waals surface area contributed by atoms with E-state index in [-0.39, 0.29) is 12.5 Å². The molecule has 30 heavy (non-hydrogen) atoms. The first-order valence-corrected chi connectivity index (χ1v) is 10.8. The molecule has 0 radical (unpaired) electrons. The molecule has 1 amide bonds. The zero-order chi connectivity index (χ0) is 21.5. The second kappa shape index (κ2) is 10.0. The maximum atomic E-state index is 12.7. The molecule has 1 heterocycles. The van der Waals surface area contributed by atoms with E-state index in [1.165, 1.54) is 23.0 Å². The van der Waals surface area contributed by atoms with Gasteiger partial charge in [0.25, 0.3) is 0 Å². The molecule has 3 aromatic rings. The van der Waals surface area contributed by atoms with Gasteiger partial charge in [0.1, 0.15) is 10.6 Å². The van der Waals surface area contributed by atoms with E-state index in [9.17, 15) is 9.59 Å². The summed E-state index contributed by atoms with van der Waals surface area (Å²) in [6, 6.07) is 16.0. The number of hydrogen-bond donors (Lipinski definition) is 1. The van der Waals surface area contributed by atoms with Crippen LogP contribution in [0.15, 0.2) is 60.0 Å². The average molecular weight is 420 g/mol. The van der Waals surface area contributed by atoms with Crippen molar-refractivity contribution in [2.45, 2.75) is 27.2 Å². The summed E-state index contributed by atoms with van der Waals surface area (Å²) in [7, 11) is 0. The second-order valence-corrected chi connectivity index (χ2v) is 7.74. The van der Waals surface area contributed by atoms with Crippen LogP contribution >= 0.6 is 11.3 Å². The van der Waals surface area contributed by atoms with E-state index in [1.54, 1.807) is 13.0 Å². The fourth-order valence-corrected chi connectivity index (χ4v) is 3.95. The van der Waals surface area contributed by atoms with E-state index in [2.05, 4.69) is 12.2 Å². The van der Waals surface area contributed by atoms with Gasteiger partial charge in [0.15, 0.2) is 0 Å². The molecule has 0 bridgehead atoms. The van der Waals surface area contributed by atoms with Crippen LogP contribution in [0.5, 0.6) is 0 Å². The van der Waals surface area contributed by atoms with Crippen molar-refractivity contribution in [1.82, 2.24) is 0 Å². The van der Waals surface area contributed by atoms with Gasteiger partial charge >= 0.3 is 5.97 Å². The highest BCUT2D eigenvalue weighted by molar-refractivity contribution is 7.15. The molecule has 0 aliphatic rings. The number of anilines is 1. The number of benzene rings is 2. The molecule has 1 N–H and O–H groups in total. The van der Waals surface area contributed by atoms with E-state index in [1.807, 2.05) is 60.8 Å². The van der Waals surface area contributed by atoms with E-state index in [0.717, 1.165) is 28.7 Å². The van der Waals surface area contributed by atoms with Gasteiger partial charge in [0.05, 0.1) is 6.61 Å². The number of thiophene rings is 1. The smallest absolute Gasteiger partial charge is 0.341 e. The zero-order valence-corrected chi connectivity index (χ0v) is 18.2. The summed E-state index contributed by atoms with van der Waals surface area (Å²) in [5.41, 5.74) is 5.39. The average Bonchev–Trinajstić information content (AvgIpc) is 3.17. The molecule has 2 aromatic carbocycles. The van der Waals surface area contributed by atoms with Crippen molar-refractivity contribution in [2.24, 2.45) is 0 Å². The summed E-state index contributed by atoms with van der Waals surface area (Å²) >= 11 is 1.32. The molecule has 1 aromatic heterocycles. The Balaban J connectivity index is 1.86. The Labute approximate surface area is 181 Å². The van der Waals surface area contributed by atoms with Crippen molar-refractivity contribution in [1.29, 1.82) is 0 Å². The maximum Gasteiger partial charge on any atom is 0.341 e. The van der Waals surface area contributed by atoms with Crippen LogP contribution in [0.3, 0.4) is 0 Å². The minimum Gasteiger partial charge on any atom is -0.462 e. The van der Waals surface area contributed by atoms with Crippen LogP contribution in [0.25, 0.3) is 17.2 Å². The summed E-state index contributed by atoms with van der Waals surface area (Å²) < 4.78 is 5.25. The first-order valence-electron chi connectivity index (χ1n) is 9.95. The van der Waals surface area contributed by atoms with Gasteiger partial charge < -0.3 is 10.1 Å². The van der Waals surface area contributed by atoms with Gasteiger partial charge in [-0.15, -0.1) is 11.3 Å². The van der Waals surface area contributed by atoms with Gasteiger partial charge in [-0.2, -0.15) is 0 Å². The normalized spacial score (nSPS) is 10.9. The molecule has 0 saturated heterocycles. The summed E-state index contributed by atoms with van der Waals surface area (Å²) in [6.45, 7) is 6.15. The largest absolute Gasteiger partial charge is 0.462 e. The van der Waals surface area contributed by atoms with Crippen LogP contribution in [0.4, 0.5) is 5.00 Å². The number of esters is 1. The van der Waals surface area contributed by atoms with Crippen LogP contribution in [-0.2, 0) is 16.0 Å². The predicted octanol–water partition coefficient (Wildman–Crippen LogP) is 6.11. The molecule has 154 valence electrons. The summed E-state index contributed by atoms with van der Waals surface area (Å²) in [5, 5.41) is 5.21. The number of nitrogens with one attached hydrogen (secondary N) is 1. The molecule has 3 rings (SSSR count). The standard InChI is InChI=1S/C25H25NO3S/c1-4-18-10-13-20(14-11-18)21-16-30-24(23(21)25(28)29-5-2)26-22(27)15-12-19-8-6-17(3)7-9-19/h6-16H,4-5H2,1-3H3,(H,26,27)/b15-12+. The fourth-order valence-electron chi connectivity index (χ4n) is 2.99. The van der Waals surface area contributed by atoms with Crippen LogP contribution < -0.4 is 5.32 Å². The van der Waals surface area contributed by atoms with E-state index < -0.39 is 5.97 Å². The number of rotatable bonds is 7. The SMILES string of the molecule is CCOC(=O)c1c(-c2ccc(CC)cc2)csc1NC(=O)/C=C/c1ccc(C)cc1. The van der Waals surface area contributed by atoms with E-state index in [4.69, 9.17) is 4.74 Å². The van der Waals surface area contributed by atoms with Gasteiger partial charge in [-0.05, 0) is 43.0 Å². The van der Waals surface area contributed by atoms with Gasteiger partial charge in [-0.25, -0.2) is 4.79 Å². The number of aryl methyl sites for hydroxylation is 2. The van der Waals surface area contributed by atoms with Gasteiger partial charge in [-0.1, -0.05) is 61.0 Å². The molecule has 0 atom stereocenters. The fraction of sp³-hybridized carbons (Fsp3) is 0.200. The Hall–Kier alpha value is -3.18. The van der Waals surface area contributed by atoms with Crippen LogP contribution in [0, 0.1) is 6.92 Å². The summed E-state index contributed by atoms with van der Waals surface area (Å²) in [6.07, 6.45) is 4.16. The third-order valence-electron chi connectivity index (χ3n) is 4.69. The third-order valence-corrected chi connectivity index (χ3v) is 5.58. The van der Waals surface area contributed by atoms with Crippen molar-refractivity contribution < 1.29 is 14.3 Å². The Morgan fingerprint density at radius 2 is 1.73 bits per heavy atom. The Bertz CT molecular complexity index is 1050. The number of amides is 1. The minimum atomic E-state index is -0.439. The Morgan fingerprint density at radius 3 is 2.37 bits per heavy atom. The monoisotopic (exact) mass is 419 g/mol. The van der Waals surface area contributed by atoms with Crippen molar-refractivity contribution in [3.63, 3.8) is 0 Å². The molecule has 5 heteroatoms. The predicted molar refractivity (Wildman–Crippen MR) is 124 cm³/mol. The minimum absolute atomic E-state index is 0.267. The maximum absolute atomic E-state index is 12.7. The van der Waals surface area contributed by atoms with Crippen LogP contribution in [0.2, 0.25) is 0 Å². The number of hydrogen-bond acceptors (Lipinski definition) is 4. The highest BCUT2D eigenvalue weighted by Crippen LogP contribution is 2.36. The van der Waals surface area contributed by atoms with Gasteiger partial charge in [0, 0.05) is 17.0 Å². The summed E-state index contributed by atoms with van der Waals surface area (Å²) in [4.78, 5) is 25.1. The second-order valence-electron chi connectivity index (χ2n) is 6.86. The topological polar surface area (TPSA) is 55.4 Å². The molecule has 0 fully saturated rings. The quantitative estimate of drug-likeness (QED) is 0.371. The Kier molecular flexibility index (Phi) is 7.20. The van der Waals surface area contributed by atoms with Crippen molar-refractivity contribution in [3.05, 3.63) is 82.2 Å². The van der Waals surface area contributed by atoms with Crippen molar-refractivity contribution >= 4 is 34.3 Å². The van der Waals surface area contributed by atoms with Crippen LogP contribution in [-0.4, -0.2) is 18.5 Å².